The minimum absolute atomic E-state index is 0.0516. The number of piperidine rings is 1. The van der Waals surface area contributed by atoms with Crippen LogP contribution in [0.15, 0.2) is 12.3 Å². The van der Waals surface area contributed by atoms with Crippen molar-refractivity contribution in [3.63, 3.8) is 0 Å². The Hall–Kier alpha value is -1.60. The summed E-state index contributed by atoms with van der Waals surface area (Å²) in [4.78, 5) is 18.1. The molecule has 7 heteroatoms. The van der Waals surface area contributed by atoms with Crippen LogP contribution < -0.4 is 0 Å². The number of amides is 1. The van der Waals surface area contributed by atoms with Crippen LogP contribution in [0.3, 0.4) is 0 Å². The largest absolute Gasteiger partial charge is 0.393 e. The number of rotatable bonds is 1. The number of hydrogen-bond donors (Lipinski definition) is 1. The zero-order valence-corrected chi connectivity index (χ0v) is 10.4. The maximum Gasteiger partial charge on any atom is 0.255 e. The number of pyridine rings is 1. The van der Waals surface area contributed by atoms with Crippen molar-refractivity contribution in [1.82, 2.24) is 18.6 Å². The number of nitrogens with zero attached hydrogens (tertiary/aromatic N) is 4. The van der Waals surface area contributed by atoms with Crippen molar-refractivity contribution < 1.29 is 9.90 Å². The lowest BCUT2D eigenvalue weighted by molar-refractivity contribution is 0.0546. The van der Waals surface area contributed by atoms with E-state index in [1.165, 1.54) is 6.20 Å². The average molecular weight is 264 g/mol. The lowest BCUT2D eigenvalue weighted by Crippen LogP contribution is -2.40. The molecule has 2 aromatic rings. The van der Waals surface area contributed by atoms with E-state index in [0.717, 1.165) is 11.7 Å². The van der Waals surface area contributed by atoms with Crippen molar-refractivity contribution in [2.24, 2.45) is 0 Å². The summed E-state index contributed by atoms with van der Waals surface area (Å²) in [6, 6.07) is 1.72. The summed E-state index contributed by atoms with van der Waals surface area (Å²) in [5.41, 5.74) is 1.76. The van der Waals surface area contributed by atoms with Gasteiger partial charge in [0.2, 0.25) is 0 Å². The summed E-state index contributed by atoms with van der Waals surface area (Å²) in [7, 11) is 0. The molecule has 0 saturated carbocycles. The van der Waals surface area contributed by atoms with Crippen molar-refractivity contribution >= 4 is 28.8 Å². The van der Waals surface area contributed by atoms with Gasteiger partial charge in [-0.1, -0.05) is 0 Å². The SMILES string of the molecule is O=C(c1cnc2nsnc2c1)N1CCC(O)CC1. The van der Waals surface area contributed by atoms with Crippen molar-refractivity contribution in [2.75, 3.05) is 13.1 Å². The van der Waals surface area contributed by atoms with Crippen LogP contribution in [0.5, 0.6) is 0 Å². The Morgan fingerprint density at radius 2 is 2.17 bits per heavy atom. The smallest absolute Gasteiger partial charge is 0.255 e. The van der Waals surface area contributed by atoms with E-state index >= 15 is 0 Å². The number of aromatic nitrogens is 3. The molecule has 94 valence electrons. The van der Waals surface area contributed by atoms with E-state index in [-0.39, 0.29) is 12.0 Å². The Labute approximate surface area is 108 Å². The molecule has 2 aromatic heterocycles. The Bertz CT molecular complexity index is 577. The summed E-state index contributed by atoms with van der Waals surface area (Å²) in [5, 5.41) is 9.43. The highest BCUT2D eigenvalue weighted by atomic mass is 32.1. The second-order valence-electron chi connectivity index (χ2n) is 4.35. The summed E-state index contributed by atoms with van der Waals surface area (Å²) >= 11 is 1.09. The molecule has 0 bridgehead atoms. The number of fused-ring (bicyclic) bond motifs is 1. The molecular formula is C11H12N4O2S. The first-order valence-corrected chi connectivity index (χ1v) is 6.53. The van der Waals surface area contributed by atoms with Crippen LogP contribution in [0.2, 0.25) is 0 Å². The molecule has 1 saturated heterocycles. The van der Waals surface area contributed by atoms with Crippen molar-refractivity contribution in [3.8, 4) is 0 Å². The quantitative estimate of drug-likeness (QED) is 0.819. The second-order valence-corrected chi connectivity index (χ2v) is 4.88. The number of aliphatic hydroxyl groups is 1. The zero-order chi connectivity index (χ0) is 12.5. The van der Waals surface area contributed by atoms with Gasteiger partial charge < -0.3 is 10.0 Å². The first kappa shape index (κ1) is 11.5. The second kappa shape index (κ2) is 4.58. The molecule has 0 unspecified atom stereocenters. The Balaban J connectivity index is 1.82. The van der Waals surface area contributed by atoms with Gasteiger partial charge in [0.1, 0.15) is 5.52 Å². The monoisotopic (exact) mass is 264 g/mol. The van der Waals surface area contributed by atoms with Gasteiger partial charge in [-0.05, 0) is 18.9 Å². The maximum atomic E-state index is 12.2. The zero-order valence-electron chi connectivity index (χ0n) is 9.61. The van der Waals surface area contributed by atoms with Crippen LogP contribution >= 0.6 is 11.7 Å². The predicted octanol–water partition coefficient (Wildman–Crippen LogP) is 0.683. The van der Waals surface area contributed by atoms with E-state index in [4.69, 9.17) is 0 Å². The van der Waals surface area contributed by atoms with E-state index < -0.39 is 0 Å². The fourth-order valence-electron chi connectivity index (χ4n) is 2.05. The summed E-state index contributed by atoms with van der Waals surface area (Å²) < 4.78 is 8.08. The minimum Gasteiger partial charge on any atom is -0.393 e. The van der Waals surface area contributed by atoms with Gasteiger partial charge in [-0.15, -0.1) is 0 Å². The van der Waals surface area contributed by atoms with Gasteiger partial charge in [0.25, 0.3) is 5.91 Å². The molecule has 18 heavy (non-hydrogen) atoms. The lowest BCUT2D eigenvalue weighted by Gasteiger charge is -2.29. The maximum absolute atomic E-state index is 12.2. The number of carbonyl (C=O) groups excluding carboxylic acids is 1. The molecule has 1 aliphatic heterocycles. The highest BCUT2D eigenvalue weighted by Crippen LogP contribution is 2.16. The van der Waals surface area contributed by atoms with E-state index in [0.29, 0.717) is 42.7 Å². The van der Waals surface area contributed by atoms with Gasteiger partial charge in [-0.3, -0.25) is 4.79 Å². The van der Waals surface area contributed by atoms with E-state index in [9.17, 15) is 9.90 Å². The molecule has 0 aliphatic carbocycles. The minimum atomic E-state index is -0.280. The van der Waals surface area contributed by atoms with Crippen LogP contribution in [0.4, 0.5) is 0 Å². The van der Waals surface area contributed by atoms with Gasteiger partial charge in [-0.2, -0.15) is 8.75 Å². The molecule has 6 nitrogen and oxygen atoms in total. The van der Waals surface area contributed by atoms with Gasteiger partial charge in [0.15, 0.2) is 5.65 Å². The highest BCUT2D eigenvalue weighted by molar-refractivity contribution is 7.00. The van der Waals surface area contributed by atoms with E-state index in [1.54, 1.807) is 11.0 Å². The normalized spacial score (nSPS) is 17.3. The third kappa shape index (κ3) is 2.06. The molecule has 0 spiro atoms. The number of aliphatic hydroxyl groups excluding tert-OH is 1. The molecule has 0 radical (unpaired) electrons. The predicted molar refractivity (Wildman–Crippen MR) is 66.4 cm³/mol. The Kier molecular flexibility index (Phi) is 2.92. The first-order valence-electron chi connectivity index (χ1n) is 5.80. The van der Waals surface area contributed by atoms with Gasteiger partial charge >= 0.3 is 0 Å². The van der Waals surface area contributed by atoms with Crippen LogP contribution in [-0.2, 0) is 0 Å². The fraction of sp³-hybridized carbons (Fsp3) is 0.455. The van der Waals surface area contributed by atoms with Gasteiger partial charge in [0, 0.05) is 19.3 Å². The molecule has 1 amide bonds. The molecule has 0 aromatic carbocycles. The van der Waals surface area contributed by atoms with Crippen LogP contribution in [-0.4, -0.2) is 48.8 Å². The topological polar surface area (TPSA) is 79.2 Å². The fourth-order valence-corrected chi connectivity index (χ4v) is 2.54. The standard InChI is InChI=1S/C11H12N4O2S/c16-8-1-3-15(4-2-8)11(17)7-5-9-10(12-6-7)14-18-13-9/h5-6,8,16H,1-4H2. The number of carbonyl (C=O) groups is 1. The highest BCUT2D eigenvalue weighted by Gasteiger charge is 2.22. The Morgan fingerprint density at radius 3 is 2.94 bits per heavy atom. The molecule has 1 fully saturated rings. The molecule has 3 rings (SSSR count). The third-order valence-electron chi connectivity index (χ3n) is 3.11. The van der Waals surface area contributed by atoms with E-state index in [2.05, 4.69) is 13.7 Å². The van der Waals surface area contributed by atoms with Crippen LogP contribution in [0, 0.1) is 0 Å². The third-order valence-corrected chi connectivity index (χ3v) is 3.65. The van der Waals surface area contributed by atoms with Crippen LogP contribution in [0.25, 0.3) is 11.2 Å². The summed E-state index contributed by atoms with van der Waals surface area (Å²) in [6.07, 6.45) is 2.54. The molecule has 3 heterocycles. The summed E-state index contributed by atoms with van der Waals surface area (Å²) in [5.74, 6) is -0.0516. The summed E-state index contributed by atoms with van der Waals surface area (Å²) in [6.45, 7) is 1.18. The first-order chi connectivity index (χ1) is 8.74. The van der Waals surface area contributed by atoms with Gasteiger partial charge in [0.05, 0.1) is 23.4 Å². The lowest BCUT2D eigenvalue weighted by atomic mass is 10.1. The van der Waals surface area contributed by atoms with Crippen LogP contribution in [0.1, 0.15) is 23.2 Å². The molecule has 1 N–H and O–H groups in total. The Morgan fingerprint density at radius 1 is 1.39 bits per heavy atom. The molecule has 0 atom stereocenters. The van der Waals surface area contributed by atoms with Crippen molar-refractivity contribution in [3.05, 3.63) is 17.8 Å². The van der Waals surface area contributed by atoms with E-state index in [1.807, 2.05) is 0 Å². The van der Waals surface area contributed by atoms with Crippen molar-refractivity contribution in [2.45, 2.75) is 18.9 Å². The number of likely N-dealkylation sites (tertiary alicyclic amines) is 1. The number of hydrogen-bond acceptors (Lipinski definition) is 6. The molecule has 1 aliphatic rings. The average Bonchev–Trinajstić information content (AvgIpc) is 2.86. The van der Waals surface area contributed by atoms with Crippen molar-refractivity contribution in [1.29, 1.82) is 0 Å². The molecular weight excluding hydrogens is 252 g/mol. The van der Waals surface area contributed by atoms with Gasteiger partial charge in [-0.25, -0.2) is 4.98 Å².